The van der Waals surface area contributed by atoms with Crippen LogP contribution >= 0.6 is 0 Å². The van der Waals surface area contributed by atoms with E-state index in [2.05, 4.69) is 26.1 Å². The van der Waals surface area contributed by atoms with E-state index in [-0.39, 0.29) is 0 Å². The normalized spacial score (nSPS) is 11.2. The Bertz CT molecular complexity index is 115. The monoisotopic (exact) mass is 215 g/mol. The zero-order valence-electron chi connectivity index (χ0n) is 10.8. The largest absolute Gasteiger partial charge is 0.380 e. The number of unbranched alkanes of at least 4 members (excludes halogenated alkanes) is 4. The molecule has 0 aliphatic carbocycles. The van der Waals surface area contributed by atoms with Crippen molar-refractivity contribution in [2.75, 3.05) is 26.3 Å². The minimum atomic E-state index is 0.735. The Morgan fingerprint density at radius 2 is 1.73 bits per heavy atom. The van der Waals surface area contributed by atoms with Crippen LogP contribution in [0.4, 0.5) is 0 Å². The highest BCUT2D eigenvalue weighted by Crippen LogP contribution is 2.01. The van der Waals surface area contributed by atoms with Gasteiger partial charge in [0, 0.05) is 13.2 Å². The van der Waals surface area contributed by atoms with Crippen molar-refractivity contribution in [3.8, 4) is 0 Å². The lowest BCUT2D eigenvalue weighted by Gasteiger charge is -2.07. The highest BCUT2D eigenvalue weighted by molar-refractivity contribution is 4.50. The Morgan fingerprint density at radius 1 is 1.00 bits per heavy atom. The Hall–Kier alpha value is -0.0800. The number of ether oxygens (including phenoxy) is 1. The molecule has 0 aromatic heterocycles. The molecule has 2 heteroatoms. The first kappa shape index (κ1) is 14.9. The van der Waals surface area contributed by atoms with Crippen molar-refractivity contribution in [3.63, 3.8) is 0 Å². The molecule has 0 unspecified atom stereocenters. The van der Waals surface area contributed by atoms with Gasteiger partial charge in [0.15, 0.2) is 0 Å². The summed E-state index contributed by atoms with van der Waals surface area (Å²) in [6.45, 7) is 10.6. The fraction of sp³-hybridized carbons (Fsp3) is 1.00. The van der Waals surface area contributed by atoms with E-state index in [1.54, 1.807) is 0 Å². The first-order chi connectivity index (χ1) is 7.27. The van der Waals surface area contributed by atoms with Gasteiger partial charge in [0.25, 0.3) is 0 Å². The molecular weight excluding hydrogens is 186 g/mol. The van der Waals surface area contributed by atoms with E-state index in [0.29, 0.717) is 0 Å². The topological polar surface area (TPSA) is 21.3 Å². The van der Waals surface area contributed by atoms with E-state index in [4.69, 9.17) is 4.74 Å². The van der Waals surface area contributed by atoms with Crippen LogP contribution in [0.25, 0.3) is 0 Å². The van der Waals surface area contributed by atoms with E-state index in [1.165, 1.54) is 32.1 Å². The van der Waals surface area contributed by atoms with E-state index in [0.717, 1.165) is 32.2 Å². The van der Waals surface area contributed by atoms with Crippen molar-refractivity contribution < 1.29 is 4.74 Å². The van der Waals surface area contributed by atoms with Crippen LogP contribution in [0.15, 0.2) is 0 Å². The minimum absolute atomic E-state index is 0.735. The number of rotatable bonds is 11. The quantitative estimate of drug-likeness (QED) is 0.534. The zero-order chi connectivity index (χ0) is 11.4. The maximum absolute atomic E-state index is 5.53. The predicted octanol–water partition coefficient (Wildman–Crippen LogP) is 3.22. The van der Waals surface area contributed by atoms with Crippen LogP contribution in [0.2, 0.25) is 0 Å². The molecule has 15 heavy (non-hydrogen) atoms. The van der Waals surface area contributed by atoms with E-state index >= 15 is 0 Å². The van der Waals surface area contributed by atoms with Gasteiger partial charge in [0.05, 0.1) is 6.61 Å². The molecule has 0 aromatic carbocycles. The van der Waals surface area contributed by atoms with Crippen molar-refractivity contribution in [2.45, 2.75) is 52.9 Å². The Morgan fingerprint density at radius 3 is 2.40 bits per heavy atom. The average Bonchev–Trinajstić information content (AvgIpc) is 2.20. The standard InChI is InChI=1S/C13H29NO/c1-4-5-6-7-8-10-15-11-9-14-12-13(2)3/h13-14H,4-12H2,1-3H3. The lowest BCUT2D eigenvalue weighted by atomic mass is 10.2. The zero-order valence-corrected chi connectivity index (χ0v) is 10.8. The molecular formula is C13H29NO. The third-order valence-electron chi connectivity index (χ3n) is 2.37. The lowest BCUT2D eigenvalue weighted by molar-refractivity contribution is 0.131. The molecule has 92 valence electrons. The van der Waals surface area contributed by atoms with Gasteiger partial charge in [-0.05, 0) is 18.9 Å². The Labute approximate surface area is 95.8 Å². The van der Waals surface area contributed by atoms with Crippen molar-refractivity contribution >= 4 is 0 Å². The lowest BCUT2D eigenvalue weighted by Crippen LogP contribution is -2.24. The summed E-state index contributed by atoms with van der Waals surface area (Å²) in [6, 6.07) is 0. The minimum Gasteiger partial charge on any atom is -0.380 e. The molecule has 0 aliphatic rings. The molecule has 1 N–H and O–H groups in total. The average molecular weight is 215 g/mol. The second kappa shape index (κ2) is 12.0. The summed E-state index contributed by atoms with van der Waals surface area (Å²) in [5, 5.41) is 3.37. The Balaban J connectivity index is 2.87. The highest BCUT2D eigenvalue weighted by atomic mass is 16.5. The summed E-state index contributed by atoms with van der Waals surface area (Å²) in [5.74, 6) is 0.735. The van der Waals surface area contributed by atoms with Crippen LogP contribution in [-0.2, 0) is 4.74 Å². The van der Waals surface area contributed by atoms with E-state index in [9.17, 15) is 0 Å². The van der Waals surface area contributed by atoms with Gasteiger partial charge in [-0.25, -0.2) is 0 Å². The molecule has 0 fully saturated rings. The molecule has 0 saturated carbocycles. The first-order valence-corrected chi connectivity index (χ1v) is 6.55. The Kier molecular flexibility index (Phi) is 11.9. The number of hydrogen-bond donors (Lipinski definition) is 1. The molecule has 0 saturated heterocycles. The van der Waals surface area contributed by atoms with Gasteiger partial charge >= 0.3 is 0 Å². The van der Waals surface area contributed by atoms with Crippen molar-refractivity contribution in [2.24, 2.45) is 5.92 Å². The second-order valence-corrected chi connectivity index (χ2v) is 4.62. The highest BCUT2D eigenvalue weighted by Gasteiger charge is 1.93. The van der Waals surface area contributed by atoms with Gasteiger partial charge in [-0.15, -0.1) is 0 Å². The van der Waals surface area contributed by atoms with Crippen molar-refractivity contribution in [1.29, 1.82) is 0 Å². The molecule has 0 spiro atoms. The van der Waals surface area contributed by atoms with Gasteiger partial charge in [0.1, 0.15) is 0 Å². The molecule has 0 bridgehead atoms. The van der Waals surface area contributed by atoms with Gasteiger partial charge < -0.3 is 10.1 Å². The van der Waals surface area contributed by atoms with Gasteiger partial charge in [-0.2, -0.15) is 0 Å². The third kappa shape index (κ3) is 13.9. The van der Waals surface area contributed by atoms with Crippen LogP contribution in [-0.4, -0.2) is 26.3 Å². The van der Waals surface area contributed by atoms with Crippen molar-refractivity contribution in [3.05, 3.63) is 0 Å². The van der Waals surface area contributed by atoms with Gasteiger partial charge in [-0.1, -0.05) is 46.5 Å². The first-order valence-electron chi connectivity index (χ1n) is 6.55. The van der Waals surface area contributed by atoms with Crippen LogP contribution in [0.1, 0.15) is 52.9 Å². The number of hydrogen-bond acceptors (Lipinski definition) is 2. The predicted molar refractivity (Wildman–Crippen MR) is 67.3 cm³/mol. The summed E-state index contributed by atoms with van der Waals surface area (Å²) in [4.78, 5) is 0. The van der Waals surface area contributed by atoms with E-state index < -0.39 is 0 Å². The fourth-order valence-electron chi connectivity index (χ4n) is 1.44. The summed E-state index contributed by atoms with van der Waals surface area (Å²) >= 11 is 0. The van der Waals surface area contributed by atoms with Gasteiger partial charge in [0.2, 0.25) is 0 Å². The third-order valence-corrected chi connectivity index (χ3v) is 2.37. The second-order valence-electron chi connectivity index (χ2n) is 4.62. The van der Waals surface area contributed by atoms with Crippen molar-refractivity contribution in [1.82, 2.24) is 5.32 Å². The molecule has 0 amide bonds. The molecule has 2 nitrogen and oxygen atoms in total. The van der Waals surface area contributed by atoms with Crippen LogP contribution in [0, 0.1) is 5.92 Å². The maximum Gasteiger partial charge on any atom is 0.0590 e. The molecule has 0 radical (unpaired) electrons. The van der Waals surface area contributed by atoms with Crippen LogP contribution in [0.5, 0.6) is 0 Å². The molecule has 0 heterocycles. The van der Waals surface area contributed by atoms with Gasteiger partial charge in [-0.3, -0.25) is 0 Å². The summed E-state index contributed by atoms with van der Waals surface area (Å²) in [6.07, 6.45) is 6.61. The molecule has 0 atom stereocenters. The molecule has 0 aliphatic heterocycles. The number of nitrogens with one attached hydrogen (secondary N) is 1. The SMILES string of the molecule is CCCCCCCOCCNCC(C)C. The smallest absolute Gasteiger partial charge is 0.0590 e. The van der Waals surface area contributed by atoms with E-state index in [1.807, 2.05) is 0 Å². The van der Waals surface area contributed by atoms with Crippen LogP contribution < -0.4 is 5.32 Å². The van der Waals surface area contributed by atoms with Crippen LogP contribution in [0.3, 0.4) is 0 Å². The summed E-state index contributed by atoms with van der Waals surface area (Å²) in [5.41, 5.74) is 0. The summed E-state index contributed by atoms with van der Waals surface area (Å²) < 4.78 is 5.53. The maximum atomic E-state index is 5.53. The molecule has 0 aromatic rings. The fourth-order valence-corrected chi connectivity index (χ4v) is 1.44. The molecule has 0 rings (SSSR count). The summed E-state index contributed by atoms with van der Waals surface area (Å²) in [7, 11) is 0.